The zero-order valence-electron chi connectivity index (χ0n) is 13.8. The molecular formula is C16H27N3OS. The Hall–Kier alpha value is -1.20. The smallest absolute Gasteiger partial charge is 0.107 e. The first kappa shape index (κ1) is 17.9. The normalized spacial score (nSPS) is 11.0. The Balaban J connectivity index is 3.37. The van der Waals surface area contributed by atoms with Crippen LogP contribution >= 0.6 is 12.2 Å². The molecule has 5 heteroatoms. The first-order valence-electron chi connectivity index (χ1n) is 7.49. The maximum atomic E-state index is 5.95. The lowest BCUT2D eigenvalue weighted by atomic mass is 10.0. The molecule has 118 valence electrons. The van der Waals surface area contributed by atoms with Crippen LogP contribution in [0.15, 0.2) is 6.07 Å². The Morgan fingerprint density at radius 2 is 2.00 bits per heavy atom. The van der Waals surface area contributed by atoms with Crippen molar-refractivity contribution in [3.63, 3.8) is 0 Å². The molecular weight excluding hydrogens is 282 g/mol. The number of ether oxygens (including phenoxy) is 1. The second-order valence-electron chi connectivity index (χ2n) is 5.26. The zero-order valence-corrected chi connectivity index (χ0v) is 14.6. The number of thiocarbonyl (C=S) groups is 1. The van der Waals surface area contributed by atoms with Gasteiger partial charge in [0, 0.05) is 31.1 Å². The fourth-order valence-electron chi connectivity index (χ4n) is 2.76. The Morgan fingerprint density at radius 3 is 2.48 bits per heavy atom. The van der Waals surface area contributed by atoms with Crippen molar-refractivity contribution in [3.05, 3.63) is 23.0 Å². The van der Waals surface area contributed by atoms with Gasteiger partial charge in [0.05, 0.1) is 17.9 Å². The molecule has 0 bridgehead atoms. The summed E-state index contributed by atoms with van der Waals surface area (Å²) in [5.41, 5.74) is 9.79. The lowest BCUT2D eigenvalue weighted by molar-refractivity contribution is 0.202. The van der Waals surface area contributed by atoms with Gasteiger partial charge in [-0.2, -0.15) is 0 Å². The lowest BCUT2D eigenvalue weighted by Crippen LogP contribution is -2.38. The minimum Gasteiger partial charge on any atom is -0.389 e. The van der Waals surface area contributed by atoms with E-state index >= 15 is 0 Å². The number of methoxy groups -OCH3 is 1. The van der Waals surface area contributed by atoms with Gasteiger partial charge in [-0.25, -0.2) is 0 Å². The van der Waals surface area contributed by atoms with E-state index in [1.54, 1.807) is 7.11 Å². The fraction of sp³-hybridized carbons (Fsp3) is 0.625. The highest BCUT2D eigenvalue weighted by molar-refractivity contribution is 7.80. The van der Waals surface area contributed by atoms with Crippen LogP contribution in [0.2, 0.25) is 0 Å². The number of aryl methyl sites for hydroxylation is 2. The number of hydrogen-bond donors (Lipinski definition) is 1. The summed E-state index contributed by atoms with van der Waals surface area (Å²) in [5, 5.41) is 0. The van der Waals surface area contributed by atoms with E-state index in [9.17, 15) is 0 Å². The quantitative estimate of drug-likeness (QED) is 0.748. The van der Waals surface area contributed by atoms with E-state index in [1.165, 1.54) is 0 Å². The predicted molar refractivity (Wildman–Crippen MR) is 93.2 cm³/mol. The standard InChI is InChI=1S/C16H27N3OS/c1-6-13(7-2)19(8-9-20-5)14-10-11(3)18-12(4)15(14)16(17)21/h10,13H,6-9H2,1-5H3,(H2,17,21). The maximum absolute atomic E-state index is 5.95. The summed E-state index contributed by atoms with van der Waals surface area (Å²) >= 11 is 5.25. The van der Waals surface area contributed by atoms with E-state index in [-0.39, 0.29) is 0 Å². The number of pyridine rings is 1. The highest BCUT2D eigenvalue weighted by atomic mass is 32.1. The van der Waals surface area contributed by atoms with Crippen molar-refractivity contribution in [1.29, 1.82) is 0 Å². The van der Waals surface area contributed by atoms with E-state index in [2.05, 4.69) is 29.8 Å². The first-order valence-corrected chi connectivity index (χ1v) is 7.90. The minimum atomic E-state index is 0.406. The van der Waals surface area contributed by atoms with Gasteiger partial charge in [0.25, 0.3) is 0 Å². The van der Waals surface area contributed by atoms with Gasteiger partial charge in [-0.15, -0.1) is 0 Å². The summed E-state index contributed by atoms with van der Waals surface area (Å²) in [7, 11) is 1.72. The summed E-state index contributed by atoms with van der Waals surface area (Å²) in [6.07, 6.45) is 2.13. The van der Waals surface area contributed by atoms with Crippen LogP contribution in [0, 0.1) is 13.8 Å². The molecule has 0 aliphatic rings. The fourth-order valence-corrected chi connectivity index (χ4v) is 3.01. The van der Waals surface area contributed by atoms with E-state index in [1.807, 2.05) is 13.8 Å². The number of nitrogens with two attached hydrogens (primary N) is 1. The molecule has 0 fully saturated rings. The van der Waals surface area contributed by atoms with Crippen LogP contribution in [0.25, 0.3) is 0 Å². The third kappa shape index (κ3) is 4.38. The average Bonchev–Trinajstić information content (AvgIpc) is 2.42. The number of nitrogens with zero attached hydrogens (tertiary/aromatic N) is 2. The van der Waals surface area contributed by atoms with Gasteiger partial charge in [0.2, 0.25) is 0 Å². The molecule has 1 heterocycles. The van der Waals surface area contributed by atoms with E-state index in [0.29, 0.717) is 17.6 Å². The summed E-state index contributed by atoms with van der Waals surface area (Å²) < 4.78 is 5.27. The Morgan fingerprint density at radius 1 is 1.38 bits per heavy atom. The van der Waals surface area contributed by atoms with Gasteiger partial charge >= 0.3 is 0 Å². The number of hydrogen-bond acceptors (Lipinski definition) is 4. The van der Waals surface area contributed by atoms with Crippen molar-refractivity contribution < 1.29 is 4.74 Å². The van der Waals surface area contributed by atoms with Gasteiger partial charge in [-0.3, -0.25) is 4.98 Å². The first-order chi connectivity index (χ1) is 9.96. The molecule has 21 heavy (non-hydrogen) atoms. The van der Waals surface area contributed by atoms with E-state index in [0.717, 1.165) is 42.0 Å². The molecule has 0 radical (unpaired) electrons. The van der Waals surface area contributed by atoms with Crippen molar-refractivity contribution in [2.75, 3.05) is 25.2 Å². The van der Waals surface area contributed by atoms with Crippen LogP contribution < -0.4 is 10.6 Å². The largest absolute Gasteiger partial charge is 0.389 e. The van der Waals surface area contributed by atoms with Crippen LogP contribution in [0.4, 0.5) is 5.69 Å². The Labute approximate surface area is 133 Å². The molecule has 1 aromatic rings. The summed E-state index contributed by atoms with van der Waals surface area (Å²) in [4.78, 5) is 7.27. The zero-order chi connectivity index (χ0) is 16.0. The molecule has 0 saturated carbocycles. The molecule has 0 amide bonds. The maximum Gasteiger partial charge on any atom is 0.107 e. The topological polar surface area (TPSA) is 51.4 Å². The molecule has 1 rings (SSSR count). The molecule has 0 aliphatic heterocycles. The summed E-state index contributed by atoms with van der Waals surface area (Å²) in [6.45, 7) is 9.87. The van der Waals surface area contributed by atoms with Crippen LogP contribution in [-0.2, 0) is 4.74 Å². The second-order valence-corrected chi connectivity index (χ2v) is 5.70. The van der Waals surface area contributed by atoms with Gasteiger partial charge < -0.3 is 15.4 Å². The predicted octanol–water partition coefficient (Wildman–Crippen LogP) is 2.97. The highest BCUT2D eigenvalue weighted by Crippen LogP contribution is 2.27. The molecule has 0 atom stereocenters. The van der Waals surface area contributed by atoms with Gasteiger partial charge in [0.15, 0.2) is 0 Å². The van der Waals surface area contributed by atoms with E-state index in [4.69, 9.17) is 22.7 Å². The van der Waals surface area contributed by atoms with Gasteiger partial charge in [0.1, 0.15) is 4.99 Å². The molecule has 4 nitrogen and oxygen atoms in total. The molecule has 0 spiro atoms. The number of anilines is 1. The minimum absolute atomic E-state index is 0.406. The lowest BCUT2D eigenvalue weighted by Gasteiger charge is -2.34. The van der Waals surface area contributed by atoms with Crippen LogP contribution in [0.5, 0.6) is 0 Å². The average molecular weight is 309 g/mol. The number of aromatic nitrogens is 1. The van der Waals surface area contributed by atoms with Crippen LogP contribution in [-0.4, -0.2) is 36.3 Å². The van der Waals surface area contributed by atoms with E-state index < -0.39 is 0 Å². The SMILES string of the molecule is CCC(CC)N(CCOC)c1cc(C)nc(C)c1C(N)=S. The molecule has 0 aliphatic carbocycles. The summed E-state index contributed by atoms with van der Waals surface area (Å²) in [6, 6.07) is 2.52. The molecule has 0 unspecified atom stereocenters. The third-order valence-corrected chi connectivity index (χ3v) is 3.99. The van der Waals surface area contributed by atoms with Gasteiger partial charge in [-0.05, 0) is 32.8 Å². The summed E-state index contributed by atoms with van der Waals surface area (Å²) in [5.74, 6) is 0. The molecule has 1 aromatic heterocycles. The molecule has 0 saturated heterocycles. The Bertz CT molecular complexity index is 487. The Kier molecular flexibility index (Phi) is 7.05. The molecule has 0 aromatic carbocycles. The molecule has 2 N–H and O–H groups in total. The van der Waals surface area contributed by atoms with Gasteiger partial charge in [-0.1, -0.05) is 26.1 Å². The number of rotatable bonds is 8. The highest BCUT2D eigenvalue weighted by Gasteiger charge is 2.21. The van der Waals surface area contributed by atoms with Crippen molar-refractivity contribution in [2.24, 2.45) is 5.73 Å². The van der Waals surface area contributed by atoms with Crippen molar-refractivity contribution in [2.45, 2.75) is 46.6 Å². The van der Waals surface area contributed by atoms with Crippen LogP contribution in [0.3, 0.4) is 0 Å². The van der Waals surface area contributed by atoms with Crippen molar-refractivity contribution >= 4 is 22.9 Å². The van der Waals surface area contributed by atoms with Crippen molar-refractivity contribution in [3.8, 4) is 0 Å². The second kappa shape index (κ2) is 8.29. The van der Waals surface area contributed by atoms with Crippen molar-refractivity contribution in [1.82, 2.24) is 4.98 Å². The monoisotopic (exact) mass is 309 g/mol. The third-order valence-electron chi connectivity index (χ3n) is 3.78. The van der Waals surface area contributed by atoms with Crippen LogP contribution in [0.1, 0.15) is 43.6 Å².